The van der Waals surface area contributed by atoms with Gasteiger partial charge >= 0.3 is 0 Å². The highest BCUT2D eigenvalue weighted by Crippen LogP contribution is 2.34. The number of amides is 1. The van der Waals surface area contributed by atoms with E-state index in [9.17, 15) is 14.7 Å². The van der Waals surface area contributed by atoms with Gasteiger partial charge in [0.25, 0.3) is 5.91 Å². The first-order valence-corrected chi connectivity index (χ1v) is 12.6. The van der Waals surface area contributed by atoms with Gasteiger partial charge in [-0.25, -0.2) is 4.98 Å². The number of piperidine rings is 1. The molecule has 1 amide bonds. The molecule has 3 aromatic heterocycles. The fourth-order valence-electron chi connectivity index (χ4n) is 4.95. The normalized spacial score (nSPS) is 15.2. The van der Waals surface area contributed by atoms with Crippen molar-refractivity contribution in [1.29, 1.82) is 0 Å². The first-order chi connectivity index (χ1) is 17.9. The summed E-state index contributed by atoms with van der Waals surface area (Å²) in [5, 5.41) is 14.0. The zero-order chi connectivity index (χ0) is 26.1. The van der Waals surface area contributed by atoms with Crippen molar-refractivity contribution in [3.8, 4) is 22.4 Å². The maximum atomic E-state index is 12.2. The van der Waals surface area contributed by atoms with Crippen LogP contribution < -0.4 is 5.73 Å². The monoisotopic (exact) mass is 498 g/mol. The van der Waals surface area contributed by atoms with E-state index < -0.39 is 6.10 Å². The SMILES string of the molecule is CCc1ccc(-c2ccc(-c3cnn4c(N)c(C=O)c(C5CCN(C(=O)[C@@H](C)O)CC5)nc34)cn2)cc1. The number of benzene rings is 1. The van der Waals surface area contributed by atoms with Gasteiger partial charge in [-0.1, -0.05) is 37.3 Å². The summed E-state index contributed by atoms with van der Waals surface area (Å²) in [5.74, 6) is -0.0865. The number of fused-ring (bicyclic) bond motifs is 1. The number of nitrogen functional groups attached to an aromatic ring is 1. The van der Waals surface area contributed by atoms with Crippen LogP contribution in [0.1, 0.15) is 54.2 Å². The summed E-state index contributed by atoms with van der Waals surface area (Å²) in [7, 11) is 0. The molecule has 37 heavy (non-hydrogen) atoms. The number of nitrogens with zero attached hydrogens (tertiary/aromatic N) is 5. The van der Waals surface area contributed by atoms with E-state index in [1.807, 2.05) is 12.1 Å². The van der Waals surface area contributed by atoms with Crippen LogP contribution in [0.25, 0.3) is 28.0 Å². The highest BCUT2D eigenvalue weighted by Gasteiger charge is 2.29. The summed E-state index contributed by atoms with van der Waals surface area (Å²) in [6, 6.07) is 12.3. The molecule has 1 atom stereocenters. The zero-order valence-electron chi connectivity index (χ0n) is 21.0. The molecule has 3 N–H and O–H groups in total. The molecule has 4 aromatic rings. The first-order valence-electron chi connectivity index (χ1n) is 12.6. The lowest BCUT2D eigenvalue weighted by Gasteiger charge is -2.33. The summed E-state index contributed by atoms with van der Waals surface area (Å²) in [6.07, 6.45) is 5.42. The third-order valence-corrected chi connectivity index (χ3v) is 7.15. The molecule has 1 saturated heterocycles. The number of aldehydes is 1. The van der Waals surface area contributed by atoms with Gasteiger partial charge in [0, 0.05) is 41.9 Å². The highest BCUT2D eigenvalue weighted by atomic mass is 16.3. The maximum absolute atomic E-state index is 12.2. The lowest BCUT2D eigenvalue weighted by molar-refractivity contribution is -0.140. The average Bonchev–Trinajstić information content (AvgIpc) is 3.37. The van der Waals surface area contributed by atoms with E-state index in [-0.39, 0.29) is 17.6 Å². The van der Waals surface area contributed by atoms with E-state index in [1.165, 1.54) is 17.0 Å². The number of hydrogen-bond donors (Lipinski definition) is 2. The van der Waals surface area contributed by atoms with Crippen molar-refractivity contribution in [2.45, 2.75) is 45.1 Å². The molecule has 1 fully saturated rings. The number of hydrogen-bond acceptors (Lipinski definition) is 7. The van der Waals surface area contributed by atoms with E-state index in [1.54, 1.807) is 17.3 Å². The molecule has 9 nitrogen and oxygen atoms in total. The Morgan fingerprint density at radius 3 is 2.43 bits per heavy atom. The molecular weight excluding hydrogens is 468 g/mol. The minimum atomic E-state index is -1.03. The second-order valence-corrected chi connectivity index (χ2v) is 9.47. The van der Waals surface area contributed by atoms with E-state index in [0.717, 1.165) is 35.1 Å². The zero-order valence-corrected chi connectivity index (χ0v) is 21.0. The minimum Gasteiger partial charge on any atom is -0.384 e. The minimum absolute atomic E-state index is 0.0418. The number of pyridine rings is 1. The molecule has 0 bridgehead atoms. The Balaban J connectivity index is 1.47. The standard InChI is InChI=1S/C28H30N6O3/c1-3-18-4-6-19(7-5-18)24-9-8-21(14-30-24)22-15-31-34-26(29)23(16-35)25(32-27(22)34)20-10-12-33(13-11-20)28(37)17(2)36/h4-9,14-17,20,36H,3,10-13,29H2,1-2H3/t17-/m1/s1. The summed E-state index contributed by atoms with van der Waals surface area (Å²) in [6.45, 7) is 4.57. The quantitative estimate of drug-likeness (QED) is 0.390. The topological polar surface area (TPSA) is 127 Å². The molecule has 0 radical (unpaired) electrons. The molecule has 190 valence electrons. The number of aliphatic hydroxyl groups excluding tert-OH is 1. The Bertz CT molecular complexity index is 1440. The number of aryl methyl sites for hydroxylation is 1. The fraction of sp³-hybridized carbons (Fsp3) is 0.321. The smallest absolute Gasteiger partial charge is 0.251 e. The van der Waals surface area contributed by atoms with Gasteiger partial charge in [-0.3, -0.25) is 14.6 Å². The van der Waals surface area contributed by atoms with Crippen LogP contribution in [0.15, 0.2) is 48.8 Å². The molecule has 0 unspecified atom stereocenters. The number of carbonyl (C=O) groups is 2. The average molecular weight is 499 g/mol. The maximum Gasteiger partial charge on any atom is 0.251 e. The van der Waals surface area contributed by atoms with Crippen molar-refractivity contribution >= 4 is 23.7 Å². The van der Waals surface area contributed by atoms with Crippen LogP contribution in [0.5, 0.6) is 0 Å². The molecular formula is C28H30N6O3. The number of aliphatic hydroxyl groups is 1. The molecule has 0 spiro atoms. The van der Waals surface area contributed by atoms with Crippen LogP contribution in [-0.4, -0.2) is 61.0 Å². The third kappa shape index (κ3) is 4.58. The predicted octanol–water partition coefficient (Wildman–Crippen LogP) is 3.50. The number of aromatic nitrogens is 4. The first kappa shape index (κ1) is 24.6. The number of likely N-dealkylation sites (tertiary alicyclic amines) is 1. The van der Waals surface area contributed by atoms with Gasteiger partial charge < -0.3 is 15.7 Å². The summed E-state index contributed by atoms with van der Waals surface area (Å²) >= 11 is 0. The Morgan fingerprint density at radius 2 is 1.84 bits per heavy atom. The molecule has 1 aromatic carbocycles. The molecule has 0 saturated carbocycles. The second-order valence-electron chi connectivity index (χ2n) is 9.47. The third-order valence-electron chi connectivity index (χ3n) is 7.15. The van der Waals surface area contributed by atoms with Gasteiger partial charge in [0.1, 0.15) is 11.9 Å². The van der Waals surface area contributed by atoms with Crippen LogP contribution in [0, 0.1) is 0 Å². The number of carbonyl (C=O) groups excluding carboxylic acids is 2. The molecule has 1 aliphatic rings. The largest absolute Gasteiger partial charge is 0.384 e. The van der Waals surface area contributed by atoms with E-state index >= 15 is 0 Å². The molecule has 1 aliphatic heterocycles. The van der Waals surface area contributed by atoms with Crippen molar-refractivity contribution in [3.63, 3.8) is 0 Å². The van der Waals surface area contributed by atoms with Crippen molar-refractivity contribution in [1.82, 2.24) is 24.5 Å². The van der Waals surface area contributed by atoms with E-state index in [4.69, 9.17) is 10.7 Å². The molecule has 5 rings (SSSR count). The second kappa shape index (κ2) is 10.1. The fourth-order valence-corrected chi connectivity index (χ4v) is 4.95. The Labute approximate surface area is 215 Å². The predicted molar refractivity (Wildman–Crippen MR) is 141 cm³/mol. The Kier molecular flexibility index (Phi) is 6.71. The highest BCUT2D eigenvalue weighted by molar-refractivity contribution is 5.87. The van der Waals surface area contributed by atoms with Gasteiger partial charge in [-0.15, -0.1) is 0 Å². The van der Waals surface area contributed by atoms with Crippen molar-refractivity contribution in [3.05, 3.63) is 65.6 Å². The van der Waals surface area contributed by atoms with Crippen molar-refractivity contribution < 1.29 is 14.7 Å². The summed E-state index contributed by atoms with van der Waals surface area (Å²) in [4.78, 5) is 35.4. The van der Waals surface area contributed by atoms with Gasteiger partial charge in [-0.2, -0.15) is 9.61 Å². The van der Waals surface area contributed by atoms with Crippen molar-refractivity contribution in [2.24, 2.45) is 0 Å². The van der Waals surface area contributed by atoms with Gasteiger partial charge in [0.2, 0.25) is 0 Å². The van der Waals surface area contributed by atoms with Crippen molar-refractivity contribution in [2.75, 3.05) is 18.8 Å². The van der Waals surface area contributed by atoms with Gasteiger partial charge in [0.05, 0.1) is 23.1 Å². The van der Waals surface area contributed by atoms with E-state index in [2.05, 4.69) is 41.3 Å². The Hall–Kier alpha value is -4.11. The lowest BCUT2D eigenvalue weighted by Crippen LogP contribution is -2.42. The van der Waals surface area contributed by atoms with Gasteiger partial charge in [0.15, 0.2) is 11.9 Å². The van der Waals surface area contributed by atoms with Crippen LogP contribution in [0.4, 0.5) is 5.82 Å². The van der Waals surface area contributed by atoms with Crippen LogP contribution >= 0.6 is 0 Å². The number of anilines is 1. The van der Waals surface area contributed by atoms with Crippen LogP contribution in [-0.2, 0) is 11.2 Å². The molecule has 4 heterocycles. The Morgan fingerprint density at radius 1 is 1.14 bits per heavy atom. The number of nitrogens with two attached hydrogens (primary N) is 1. The van der Waals surface area contributed by atoms with Crippen LogP contribution in [0.3, 0.4) is 0 Å². The van der Waals surface area contributed by atoms with Gasteiger partial charge in [-0.05, 0) is 37.8 Å². The summed E-state index contributed by atoms with van der Waals surface area (Å²) < 4.78 is 1.49. The van der Waals surface area contributed by atoms with Crippen LogP contribution in [0.2, 0.25) is 0 Å². The molecule has 0 aliphatic carbocycles. The number of rotatable bonds is 6. The lowest BCUT2D eigenvalue weighted by atomic mass is 9.90. The van der Waals surface area contributed by atoms with E-state index in [0.29, 0.717) is 42.8 Å². The summed E-state index contributed by atoms with van der Waals surface area (Å²) in [5.41, 5.74) is 12.7. The molecule has 9 heteroatoms.